The first-order valence-electron chi connectivity index (χ1n) is 2.50. The van der Waals surface area contributed by atoms with E-state index >= 15 is 0 Å². The van der Waals surface area contributed by atoms with Crippen molar-refractivity contribution in [3.8, 4) is 0 Å². The number of aliphatic hydroxyl groups excluding tert-OH is 1. The Bertz CT molecular complexity index is 150. The highest BCUT2D eigenvalue weighted by molar-refractivity contribution is 5.23. The zero-order valence-electron chi connectivity index (χ0n) is 4.50. The molecule has 0 spiro atoms. The van der Waals surface area contributed by atoms with Crippen LogP contribution in [0.4, 0.5) is 13.2 Å². The molecular formula is C5H5F3O. The van der Waals surface area contributed by atoms with E-state index in [9.17, 15) is 13.2 Å². The summed E-state index contributed by atoms with van der Waals surface area (Å²) in [7, 11) is 0. The van der Waals surface area contributed by atoms with Crippen LogP contribution in [0.5, 0.6) is 0 Å². The highest BCUT2D eigenvalue weighted by atomic mass is 19.4. The van der Waals surface area contributed by atoms with E-state index in [1.54, 1.807) is 0 Å². The lowest BCUT2D eigenvalue weighted by Crippen LogP contribution is -2.10. The van der Waals surface area contributed by atoms with Gasteiger partial charge in [0.2, 0.25) is 0 Å². The van der Waals surface area contributed by atoms with Crippen LogP contribution in [0.15, 0.2) is 11.3 Å². The maximum atomic E-state index is 11.4. The van der Waals surface area contributed by atoms with Gasteiger partial charge < -0.3 is 5.11 Å². The van der Waals surface area contributed by atoms with Gasteiger partial charge in [-0.1, -0.05) is 0 Å². The van der Waals surface area contributed by atoms with Crippen LogP contribution in [0.1, 0.15) is 12.8 Å². The predicted octanol–water partition coefficient (Wildman–Crippen LogP) is 2.15. The van der Waals surface area contributed by atoms with Crippen molar-refractivity contribution < 1.29 is 18.3 Å². The van der Waals surface area contributed by atoms with Gasteiger partial charge in [0, 0.05) is 0 Å². The third-order valence-corrected chi connectivity index (χ3v) is 1.10. The minimum atomic E-state index is -4.52. The summed E-state index contributed by atoms with van der Waals surface area (Å²) in [6.07, 6.45) is -3.73. The van der Waals surface area contributed by atoms with E-state index in [-0.39, 0.29) is 5.57 Å². The van der Waals surface area contributed by atoms with E-state index in [4.69, 9.17) is 5.11 Å². The van der Waals surface area contributed by atoms with Crippen molar-refractivity contribution in [3.05, 3.63) is 11.3 Å². The van der Waals surface area contributed by atoms with Gasteiger partial charge in [-0.05, 0) is 18.4 Å². The minimum absolute atomic E-state index is 0.127. The van der Waals surface area contributed by atoms with Gasteiger partial charge in [-0.25, -0.2) is 0 Å². The molecule has 9 heavy (non-hydrogen) atoms. The molecule has 1 saturated carbocycles. The Hall–Kier alpha value is -0.670. The molecule has 0 aromatic carbocycles. The molecule has 0 aromatic rings. The minimum Gasteiger partial charge on any atom is -0.504 e. The Morgan fingerprint density at radius 3 is 1.89 bits per heavy atom. The number of alkyl halides is 3. The summed E-state index contributed by atoms with van der Waals surface area (Å²) in [6, 6.07) is 0. The molecule has 0 atom stereocenters. The highest BCUT2D eigenvalue weighted by Gasteiger charge is 2.39. The number of hydrogen-bond donors (Lipinski definition) is 1. The first-order chi connectivity index (χ1) is 4.02. The molecule has 0 saturated heterocycles. The Kier molecular flexibility index (Phi) is 1.18. The summed E-state index contributed by atoms with van der Waals surface area (Å²) in [4.78, 5) is 0. The maximum Gasteiger partial charge on any atom is 0.448 e. The van der Waals surface area contributed by atoms with Crippen LogP contribution >= 0.6 is 0 Å². The second-order valence-corrected chi connectivity index (χ2v) is 1.95. The van der Waals surface area contributed by atoms with E-state index in [1.807, 2.05) is 0 Å². The SMILES string of the molecule is OC(=C1CC1)C(F)(F)F. The van der Waals surface area contributed by atoms with Crippen LogP contribution in [-0.2, 0) is 0 Å². The molecule has 0 heterocycles. The van der Waals surface area contributed by atoms with Gasteiger partial charge in [-0.2, -0.15) is 13.2 Å². The van der Waals surface area contributed by atoms with Crippen molar-refractivity contribution in [2.45, 2.75) is 19.0 Å². The molecule has 0 amide bonds. The number of rotatable bonds is 0. The number of hydrogen-bond acceptors (Lipinski definition) is 1. The van der Waals surface area contributed by atoms with Crippen LogP contribution < -0.4 is 0 Å². The fraction of sp³-hybridized carbons (Fsp3) is 0.600. The van der Waals surface area contributed by atoms with Crippen molar-refractivity contribution in [2.75, 3.05) is 0 Å². The van der Waals surface area contributed by atoms with Crippen LogP contribution in [0, 0.1) is 0 Å². The van der Waals surface area contributed by atoms with Gasteiger partial charge in [0.25, 0.3) is 0 Å². The summed E-state index contributed by atoms with van der Waals surface area (Å²) in [5.41, 5.74) is 0.127. The van der Waals surface area contributed by atoms with Crippen molar-refractivity contribution in [1.29, 1.82) is 0 Å². The molecule has 0 unspecified atom stereocenters. The molecule has 0 aliphatic heterocycles. The highest BCUT2D eigenvalue weighted by Crippen LogP contribution is 2.37. The van der Waals surface area contributed by atoms with Crippen molar-refractivity contribution in [1.82, 2.24) is 0 Å². The molecule has 0 aromatic heterocycles. The molecule has 4 heteroatoms. The standard InChI is InChI=1S/C5H5F3O/c6-5(7,8)4(9)3-1-2-3/h9H,1-2H2. The lowest BCUT2D eigenvalue weighted by Gasteiger charge is -2.02. The van der Waals surface area contributed by atoms with Gasteiger partial charge in [-0.3, -0.25) is 0 Å². The molecule has 1 aliphatic carbocycles. The summed E-state index contributed by atoms with van der Waals surface area (Å²) < 4.78 is 34.3. The Morgan fingerprint density at radius 2 is 1.78 bits per heavy atom. The van der Waals surface area contributed by atoms with Crippen molar-refractivity contribution in [2.24, 2.45) is 0 Å². The normalized spacial score (nSPS) is 17.9. The molecule has 1 fully saturated rings. The summed E-state index contributed by atoms with van der Waals surface area (Å²) in [6.45, 7) is 0. The average molecular weight is 138 g/mol. The fourth-order valence-electron chi connectivity index (χ4n) is 0.500. The van der Waals surface area contributed by atoms with E-state index in [1.165, 1.54) is 0 Å². The van der Waals surface area contributed by atoms with E-state index < -0.39 is 11.9 Å². The summed E-state index contributed by atoms with van der Waals surface area (Å²) in [5, 5.41) is 8.28. The fourth-order valence-corrected chi connectivity index (χ4v) is 0.500. The zero-order valence-corrected chi connectivity index (χ0v) is 4.50. The van der Waals surface area contributed by atoms with E-state index in [0.717, 1.165) is 0 Å². The van der Waals surface area contributed by atoms with E-state index in [2.05, 4.69) is 0 Å². The molecule has 1 aliphatic rings. The lowest BCUT2D eigenvalue weighted by atomic mass is 10.4. The topological polar surface area (TPSA) is 20.2 Å². The summed E-state index contributed by atoms with van der Waals surface area (Å²) >= 11 is 0. The Morgan fingerprint density at radius 1 is 1.33 bits per heavy atom. The average Bonchev–Trinajstić information content (AvgIpc) is 2.40. The molecule has 1 nitrogen and oxygen atoms in total. The second-order valence-electron chi connectivity index (χ2n) is 1.95. The van der Waals surface area contributed by atoms with Gasteiger partial charge in [0.15, 0.2) is 5.76 Å². The number of halogens is 3. The smallest absolute Gasteiger partial charge is 0.448 e. The van der Waals surface area contributed by atoms with Crippen LogP contribution in [0.3, 0.4) is 0 Å². The van der Waals surface area contributed by atoms with Gasteiger partial charge in [0.05, 0.1) is 0 Å². The quantitative estimate of drug-likeness (QED) is 0.508. The predicted molar refractivity (Wildman–Crippen MR) is 24.9 cm³/mol. The first-order valence-corrected chi connectivity index (χ1v) is 2.50. The summed E-state index contributed by atoms with van der Waals surface area (Å²) in [5.74, 6) is -1.39. The van der Waals surface area contributed by atoms with Crippen molar-refractivity contribution in [3.63, 3.8) is 0 Å². The van der Waals surface area contributed by atoms with Crippen molar-refractivity contribution >= 4 is 0 Å². The molecule has 1 rings (SSSR count). The molecule has 52 valence electrons. The third-order valence-electron chi connectivity index (χ3n) is 1.10. The lowest BCUT2D eigenvalue weighted by molar-refractivity contribution is -0.121. The Labute approximate surface area is 49.8 Å². The molecule has 1 N–H and O–H groups in total. The molecule has 0 radical (unpaired) electrons. The number of allylic oxidation sites excluding steroid dienone is 2. The van der Waals surface area contributed by atoms with Crippen LogP contribution in [0.2, 0.25) is 0 Å². The van der Waals surface area contributed by atoms with Gasteiger partial charge in [-0.15, -0.1) is 0 Å². The van der Waals surface area contributed by atoms with Crippen LogP contribution in [0.25, 0.3) is 0 Å². The largest absolute Gasteiger partial charge is 0.504 e. The molecular weight excluding hydrogens is 133 g/mol. The molecule has 0 bridgehead atoms. The van der Waals surface area contributed by atoms with Crippen LogP contribution in [-0.4, -0.2) is 11.3 Å². The van der Waals surface area contributed by atoms with Gasteiger partial charge in [0.1, 0.15) is 0 Å². The number of aliphatic hydroxyl groups is 1. The van der Waals surface area contributed by atoms with Gasteiger partial charge >= 0.3 is 6.18 Å². The third kappa shape index (κ3) is 1.37. The van der Waals surface area contributed by atoms with E-state index in [0.29, 0.717) is 12.8 Å². The first kappa shape index (κ1) is 6.45. The Balaban J connectivity index is 2.73. The zero-order chi connectivity index (χ0) is 7.07. The monoisotopic (exact) mass is 138 g/mol. The maximum absolute atomic E-state index is 11.4. The second kappa shape index (κ2) is 1.65.